The molecular formula is C15H14ClF3N4. The molecule has 0 radical (unpaired) electrons. The fourth-order valence-corrected chi connectivity index (χ4v) is 2.98. The van der Waals surface area contributed by atoms with E-state index in [1.165, 1.54) is 0 Å². The van der Waals surface area contributed by atoms with Crippen LogP contribution in [0.15, 0.2) is 24.3 Å². The van der Waals surface area contributed by atoms with Gasteiger partial charge >= 0.3 is 0 Å². The second-order valence-corrected chi connectivity index (χ2v) is 5.89. The Morgan fingerprint density at radius 1 is 1.09 bits per heavy atom. The molecule has 2 aromatic rings. The van der Waals surface area contributed by atoms with Gasteiger partial charge in [-0.3, -0.25) is 0 Å². The van der Waals surface area contributed by atoms with Crippen LogP contribution in [0.25, 0.3) is 0 Å². The van der Waals surface area contributed by atoms with Gasteiger partial charge in [0.15, 0.2) is 22.6 Å². The molecule has 1 fully saturated rings. The van der Waals surface area contributed by atoms with Crippen molar-refractivity contribution >= 4 is 17.4 Å². The molecule has 3 rings (SSSR count). The Hall–Kier alpha value is -1.86. The van der Waals surface area contributed by atoms with Crippen molar-refractivity contribution in [1.82, 2.24) is 10.2 Å². The van der Waals surface area contributed by atoms with Crippen molar-refractivity contribution in [2.45, 2.75) is 18.4 Å². The lowest BCUT2D eigenvalue weighted by molar-refractivity contribution is 0.415. The molecule has 0 aliphatic carbocycles. The molecule has 0 amide bonds. The predicted molar refractivity (Wildman–Crippen MR) is 80.9 cm³/mol. The van der Waals surface area contributed by atoms with Crippen molar-refractivity contribution < 1.29 is 13.2 Å². The van der Waals surface area contributed by atoms with E-state index in [1.807, 2.05) is 4.90 Å². The standard InChI is InChI=1S/C15H14ClF3N4/c16-14-1-2-15(22-21-14)23-4-3-8(13(20)7-23)9-5-11(18)12(19)6-10(9)17/h1-2,5-6,8,13H,3-4,7,20H2/t8-,13+/m1/s1. The van der Waals surface area contributed by atoms with Crippen LogP contribution in [0.5, 0.6) is 0 Å². The summed E-state index contributed by atoms with van der Waals surface area (Å²) in [6.07, 6.45) is 0.494. The fraction of sp³-hybridized carbons (Fsp3) is 0.333. The number of nitrogens with two attached hydrogens (primary N) is 1. The zero-order valence-corrected chi connectivity index (χ0v) is 12.8. The molecule has 0 spiro atoms. The Morgan fingerprint density at radius 2 is 1.83 bits per heavy atom. The fourth-order valence-electron chi connectivity index (χ4n) is 2.88. The molecule has 0 unspecified atom stereocenters. The molecule has 1 aromatic heterocycles. The number of nitrogens with zero attached hydrogens (tertiary/aromatic N) is 3. The van der Waals surface area contributed by atoms with Gasteiger partial charge in [-0.25, -0.2) is 13.2 Å². The van der Waals surface area contributed by atoms with Gasteiger partial charge in [0.25, 0.3) is 0 Å². The van der Waals surface area contributed by atoms with Crippen LogP contribution in [-0.2, 0) is 0 Å². The Bertz CT molecular complexity index is 711. The Balaban J connectivity index is 1.79. The second-order valence-electron chi connectivity index (χ2n) is 5.51. The average molecular weight is 343 g/mol. The largest absolute Gasteiger partial charge is 0.354 e. The highest BCUT2D eigenvalue weighted by Gasteiger charge is 2.31. The second kappa shape index (κ2) is 6.33. The van der Waals surface area contributed by atoms with Gasteiger partial charge in [0.1, 0.15) is 5.82 Å². The van der Waals surface area contributed by atoms with E-state index in [2.05, 4.69) is 10.2 Å². The van der Waals surface area contributed by atoms with Crippen LogP contribution in [0.4, 0.5) is 19.0 Å². The third-order valence-electron chi connectivity index (χ3n) is 4.04. The molecule has 1 aliphatic rings. The lowest BCUT2D eigenvalue weighted by atomic mass is 9.85. The van der Waals surface area contributed by atoms with Crippen molar-refractivity contribution in [2.24, 2.45) is 5.73 Å². The van der Waals surface area contributed by atoms with Crippen LogP contribution >= 0.6 is 11.6 Å². The molecule has 0 saturated carbocycles. The summed E-state index contributed by atoms with van der Waals surface area (Å²) in [5, 5.41) is 8.04. The molecule has 2 heterocycles. The van der Waals surface area contributed by atoms with Crippen molar-refractivity contribution in [3.05, 3.63) is 52.4 Å². The third kappa shape index (κ3) is 3.25. The smallest absolute Gasteiger partial charge is 0.161 e. The molecule has 2 N–H and O–H groups in total. The summed E-state index contributed by atoms with van der Waals surface area (Å²) in [4.78, 5) is 1.91. The summed E-state index contributed by atoms with van der Waals surface area (Å²) in [5.41, 5.74) is 6.24. The summed E-state index contributed by atoms with van der Waals surface area (Å²) < 4.78 is 40.4. The maximum Gasteiger partial charge on any atom is 0.161 e. The number of rotatable bonds is 2. The monoisotopic (exact) mass is 342 g/mol. The summed E-state index contributed by atoms with van der Waals surface area (Å²) in [6, 6.07) is 4.36. The van der Waals surface area contributed by atoms with E-state index in [0.29, 0.717) is 31.4 Å². The average Bonchev–Trinajstić information content (AvgIpc) is 2.52. The number of piperidine rings is 1. The molecule has 1 saturated heterocycles. The van der Waals surface area contributed by atoms with Gasteiger partial charge in [-0.05, 0) is 30.2 Å². The van der Waals surface area contributed by atoms with Gasteiger partial charge in [-0.15, -0.1) is 10.2 Å². The van der Waals surface area contributed by atoms with E-state index in [0.717, 1.165) is 6.07 Å². The Kier molecular flexibility index (Phi) is 4.41. The molecule has 8 heteroatoms. The minimum Gasteiger partial charge on any atom is -0.354 e. The van der Waals surface area contributed by atoms with Crippen LogP contribution in [-0.4, -0.2) is 29.3 Å². The van der Waals surface area contributed by atoms with Gasteiger partial charge in [0, 0.05) is 31.1 Å². The van der Waals surface area contributed by atoms with Gasteiger partial charge in [-0.1, -0.05) is 11.6 Å². The van der Waals surface area contributed by atoms with E-state index in [9.17, 15) is 13.2 Å². The molecule has 1 aliphatic heterocycles. The first-order valence-electron chi connectivity index (χ1n) is 7.10. The first-order chi connectivity index (χ1) is 11.0. The Labute approximate surface area is 136 Å². The molecule has 1 aromatic carbocycles. The Morgan fingerprint density at radius 3 is 2.48 bits per heavy atom. The van der Waals surface area contributed by atoms with Gasteiger partial charge in [0.05, 0.1) is 0 Å². The topological polar surface area (TPSA) is 55.0 Å². The van der Waals surface area contributed by atoms with Crippen molar-refractivity contribution in [2.75, 3.05) is 18.0 Å². The number of hydrogen-bond acceptors (Lipinski definition) is 4. The first-order valence-corrected chi connectivity index (χ1v) is 7.47. The number of hydrogen-bond donors (Lipinski definition) is 1. The molecule has 122 valence electrons. The molecule has 0 bridgehead atoms. The molecule has 4 nitrogen and oxygen atoms in total. The van der Waals surface area contributed by atoms with Crippen molar-refractivity contribution in [1.29, 1.82) is 0 Å². The minimum atomic E-state index is -1.20. The van der Waals surface area contributed by atoms with E-state index in [1.54, 1.807) is 12.1 Å². The quantitative estimate of drug-likeness (QED) is 0.853. The predicted octanol–water partition coefficient (Wildman–Crippen LogP) is 2.87. The summed E-state index contributed by atoms with van der Waals surface area (Å²) >= 11 is 5.70. The van der Waals surface area contributed by atoms with Gasteiger partial charge in [-0.2, -0.15) is 0 Å². The number of benzene rings is 1. The number of anilines is 1. The van der Waals surface area contributed by atoms with Crippen LogP contribution < -0.4 is 10.6 Å². The van der Waals surface area contributed by atoms with Gasteiger partial charge < -0.3 is 10.6 Å². The highest BCUT2D eigenvalue weighted by Crippen LogP contribution is 2.31. The summed E-state index contributed by atoms with van der Waals surface area (Å²) in [6.45, 7) is 0.951. The highest BCUT2D eigenvalue weighted by molar-refractivity contribution is 6.29. The zero-order chi connectivity index (χ0) is 16.6. The lowest BCUT2D eigenvalue weighted by Gasteiger charge is -2.37. The highest BCUT2D eigenvalue weighted by atomic mass is 35.5. The maximum atomic E-state index is 13.9. The number of halogens is 4. The SMILES string of the molecule is N[C@H]1CN(c2ccc(Cl)nn2)CC[C@@H]1c1cc(F)c(F)cc1F. The minimum absolute atomic E-state index is 0.109. The third-order valence-corrected chi connectivity index (χ3v) is 4.24. The van der Waals surface area contributed by atoms with E-state index < -0.39 is 23.5 Å². The molecule has 2 atom stereocenters. The van der Waals surface area contributed by atoms with E-state index >= 15 is 0 Å². The van der Waals surface area contributed by atoms with Crippen LogP contribution in [0.3, 0.4) is 0 Å². The summed E-state index contributed by atoms with van der Waals surface area (Å²) in [7, 11) is 0. The lowest BCUT2D eigenvalue weighted by Crippen LogP contribution is -2.48. The first kappa shape index (κ1) is 16.0. The van der Waals surface area contributed by atoms with Crippen LogP contribution in [0.2, 0.25) is 5.15 Å². The van der Waals surface area contributed by atoms with E-state index in [4.69, 9.17) is 17.3 Å². The molecule has 23 heavy (non-hydrogen) atoms. The van der Waals surface area contributed by atoms with Crippen molar-refractivity contribution in [3.8, 4) is 0 Å². The molecular weight excluding hydrogens is 329 g/mol. The zero-order valence-electron chi connectivity index (χ0n) is 12.0. The number of aromatic nitrogens is 2. The summed E-state index contributed by atoms with van der Waals surface area (Å²) in [5.74, 6) is -2.81. The van der Waals surface area contributed by atoms with Gasteiger partial charge in [0.2, 0.25) is 0 Å². The van der Waals surface area contributed by atoms with Crippen molar-refractivity contribution in [3.63, 3.8) is 0 Å². The maximum absolute atomic E-state index is 13.9. The van der Waals surface area contributed by atoms with Crippen LogP contribution in [0.1, 0.15) is 17.9 Å². The normalized spacial score (nSPS) is 21.5. The van der Waals surface area contributed by atoms with E-state index in [-0.39, 0.29) is 16.6 Å². The van der Waals surface area contributed by atoms with Crippen LogP contribution in [0, 0.1) is 17.5 Å².